The number of hydrogen-bond acceptors (Lipinski definition) is 5. The van der Waals surface area contributed by atoms with Crippen molar-refractivity contribution in [3.05, 3.63) is 11.7 Å². The molecule has 0 saturated heterocycles. The lowest BCUT2D eigenvalue weighted by atomic mass is 10.2. The molecule has 5 nitrogen and oxygen atoms in total. The van der Waals surface area contributed by atoms with Crippen LogP contribution in [0.4, 0.5) is 0 Å². The second kappa shape index (κ2) is 5.82. The van der Waals surface area contributed by atoms with E-state index >= 15 is 0 Å². The highest BCUT2D eigenvalue weighted by Gasteiger charge is 2.10. The molecule has 0 aliphatic heterocycles. The summed E-state index contributed by atoms with van der Waals surface area (Å²) in [6, 6.07) is 0.0986. The first-order valence-electron chi connectivity index (χ1n) is 5.30. The molecule has 0 radical (unpaired) electrons. The van der Waals surface area contributed by atoms with Gasteiger partial charge in [-0.15, -0.1) is 0 Å². The van der Waals surface area contributed by atoms with Gasteiger partial charge in [-0.2, -0.15) is 4.98 Å². The van der Waals surface area contributed by atoms with Crippen LogP contribution in [0.3, 0.4) is 0 Å². The standard InChI is InChI=1S/C10H19N3O2/c1-4-8(11)5-9-12-10(15-13-9)6-14-7(2)3/h7-8H,4-6,11H2,1-3H3. The number of nitrogens with zero attached hydrogens (tertiary/aromatic N) is 2. The van der Waals surface area contributed by atoms with Gasteiger partial charge in [-0.05, 0) is 20.3 Å². The molecule has 0 aliphatic carbocycles. The Kier molecular flexibility index (Phi) is 4.71. The van der Waals surface area contributed by atoms with Gasteiger partial charge in [0.1, 0.15) is 6.61 Å². The van der Waals surface area contributed by atoms with Crippen molar-refractivity contribution in [1.29, 1.82) is 0 Å². The fraction of sp³-hybridized carbons (Fsp3) is 0.800. The van der Waals surface area contributed by atoms with E-state index in [1.165, 1.54) is 0 Å². The molecule has 0 spiro atoms. The molecule has 0 saturated carbocycles. The largest absolute Gasteiger partial charge is 0.369 e. The Bertz CT molecular complexity index is 286. The molecule has 2 N–H and O–H groups in total. The van der Waals surface area contributed by atoms with Crippen molar-refractivity contribution in [3.8, 4) is 0 Å². The molecule has 1 rings (SSSR count). The molecule has 0 bridgehead atoms. The average molecular weight is 213 g/mol. The first kappa shape index (κ1) is 12.1. The maximum absolute atomic E-state index is 5.78. The van der Waals surface area contributed by atoms with Crippen molar-refractivity contribution < 1.29 is 9.26 Å². The molecule has 1 atom stereocenters. The van der Waals surface area contributed by atoms with Crippen LogP contribution in [0, 0.1) is 0 Å². The second-order valence-corrected chi connectivity index (χ2v) is 3.84. The summed E-state index contributed by atoms with van der Waals surface area (Å²) in [4.78, 5) is 4.19. The zero-order valence-corrected chi connectivity index (χ0v) is 9.56. The zero-order chi connectivity index (χ0) is 11.3. The van der Waals surface area contributed by atoms with Gasteiger partial charge in [0.2, 0.25) is 0 Å². The summed E-state index contributed by atoms with van der Waals surface area (Å²) < 4.78 is 10.4. The van der Waals surface area contributed by atoms with Gasteiger partial charge in [-0.1, -0.05) is 12.1 Å². The summed E-state index contributed by atoms with van der Waals surface area (Å²) in [5.41, 5.74) is 5.78. The van der Waals surface area contributed by atoms with E-state index in [2.05, 4.69) is 10.1 Å². The molecule has 1 heterocycles. The van der Waals surface area contributed by atoms with Crippen molar-refractivity contribution >= 4 is 0 Å². The van der Waals surface area contributed by atoms with E-state index in [1.807, 2.05) is 20.8 Å². The minimum Gasteiger partial charge on any atom is -0.369 e. The van der Waals surface area contributed by atoms with Gasteiger partial charge in [-0.25, -0.2) is 0 Å². The second-order valence-electron chi connectivity index (χ2n) is 3.84. The highest BCUT2D eigenvalue weighted by Crippen LogP contribution is 2.04. The van der Waals surface area contributed by atoms with Gasteiger partial charge in [0, 0.05) is 12.5 Å². The summed E-state index contributed by atoms with van der Waals surface area (Å²) in [7, 11) is 0. The molecule has 1 aromatic heterocycles. The predicted octanol–water partition coefficient (Wildman–Crippen LogP) is 1.27. The van der Waals surface area contributed by atoms with Crippen LogP contribution >= 0.6 is 0 Å². The molecule has 86 valence electrons. The van der Waals surface area contributed by atoms with Crippen molar-refractivity contribution in [1.82, 2.24) is 10.1 Å². The third kappa shape index (κ3) is 4.40. The number of aromatic nitrogens is 2. The smallest absolute Gasteiger partial charge is 0.252 e. The van der Waals surface area contributed by atoms with Crippen LogP contribution < -0.4 is 5.73 Å². The molecule has 15 heavy (non-hydrogen) atoms. The molecule has 1 aromatic rings. The summed E-state index contributed by atoms with van der Waals surface area (Å²) in [5.74, 6) is 1.17. The quantitative estimate of drug-likeness (QED) is 0.770. The number of hydrogen-bond donors (Lipinski definition) is 1. The maximum Gasteiger partial charge on any atom is 0.252 e. The van der Waals surface area contributed by atoms with Crippen LogP contribution in [0.5, 0.6) is 0 Å². The Balaban J connectivity index is 2.42. The van der Waals surface area contributed by atoms with Gasteiger partial charge in [0.05, 0.1) is 6.10 Å². The lowest BCUT2D eigenvalue weighted by molar-refractivity contribution is 0.0485. The Hall–Kier alpha value is -0.940. The average Bonchev–Trinajstić information content (AvgIpc) is 2.62. The number of rotatable bonds is 6. The van der Waals surface area contributed by atoms with Crippen molar-refractivity contribution in [3.63, 3.8) is 0 Å². The SMILES string of the molecule is CCC(N)Cc1noc(COC(C)C)n1. The first-order valence-corrected chi connectivity index (χ1v) is 5.30. The van der Waals surface area contributed by atoms with Gasteiger partial charge in [-0.3, -0.25) is 0 Å². The molecular formula is C10H19N3O2. The van der Waals surface area contributed by atoms with E-state index in [9.17, 15) is 0 Å². The summed E-state index contributed by atoms with van der Waals surface area (Å²) in [5, 5.41) is 3.84. The number of ether oxygens (including phenoxy) is 1. The topological polar surface area (TPSA) is 74.2 Å². The molecular weight excluding hydrogens is 194 g/mol. The fourth-order valence-corrected chi connectivity index (χ4v) is 1.05. The van der Waals surface area contributed by atoms with Gasteiger partial charge >= 0.3 is 0 Å². The Labute approximate surface area is 90.0 Å². The van der Waals surface area contributed by atoms with Gasteiger partial charge in [0.25, 0.3) is 5.89 Å². The van der Waals surface area contributed by atoms with Crippen LogP contribution in [-0.4, -0.2) is 22.3 Å². The van der Waals surface area contributed by atoms with Crippen LogP contribution in [0.25, 0.3) is 0 Å². The summed E-state index contributed by atoms with van der Waals surface area (Å²) >= 11 is 0. The van der Waals surface area contributed by atoms with Crippen LogP contribution in [-0.2, 0) is 17.8 Å². The van der Waals surface area contributed by atoms with Crippen LogP contribution in [0.2, 0.25) is 0 Å². The van der Waals surface area contributed by atoms with E-state index in [0.717, 1.165) is 6.42 Å². The van der Waals surface area contributed by atoms with Gasteiger partial charge in [0.15, 0.2) is 5.82 Å². The van der Waals surface area contributed by atoms with Crippen LogP contribution in [0.15, 0.2) is 4.52 Å². The highest BCUT2D eigenvalue weighted by atomic mass is 16.5. The molecule has 5 heteroatoms. The zero-order valence-electron chi connectivity index (χ0n) is 9.56. The maximum atomic E-state index is 5.78. The minimum atomic E-state index is 0.0986. The molecule has 0 amide bonds. The van der Waals surface area contributed by atoms with E-state index in [4.69, 9.17) is 15.0 Å². The normalized spacial score (nSPS) is 13.4. The first-order chi connectivity index (χ1) is 7.11. The summed E-state index contributed by atoms with van der Waals surface area (Å²) in [6.07, 6.45) is 1.73. The van der Waals surface area contributed by atoms with Gasteiger partial charge < -0.3 is 15.0 Å². The lowest BCUT2D eigenvalue weighted by Gasteiger charge is -2.03. The van der Waals surface area contributed by atoms with Crippen molar-refractivity contribution in [2.24, 2.45) is 5.73 Å². The monoisotopic (exact) mass is 213 g/mol. The van der Waals surface area contributed by atoms with Crippen molar-refractivity contribution in [2.45, 2.75) is 52.4 Å². The van der Waals surface area contributed by atoms with E-state index in [0.29, 0.717) is 24.7 Å². The third-order valence-electron chi connectivity index (χ3n) is 2.02. The van der Waals surface area contributed by atoms with E-state index in [-0.39, 0.29) is 12.1 Å². The molecule has 0 aliphatic rings. The summed E-state index contributed by atoms with van der Waals surface area (Å²) in [6.45, 7) is 6.33. The molecule has 1 unspecified atom stereocenters. The lowest BCUT2D eigenvalue weighted by Crippen LogP contribution is -2.22. The minimum absolute atomic E-state index is 0.0986. The third-order valence-corrected chi connectivity index (χ3v) is 2.02. The molecule has 0 aromatic carbocycles. The number of nitrogens with two attached hydrogens (primary N) is 1. The molecule has 0 fully saturated rings. The Morgan fingerprint density at radius 1 is 1.47 bits per heavy atom. The fourth-order valence-electron chi connectivity index (χ4n) is 1.05. The van der Waals surface area contributed by atoms with Crippen LogP contribution in [0.1, 0.15) is 38.9 Å². The van der Waals surface area contributed by atoms with E-state index in [1.54, 1.807) is 0 Å². The van der Waals surface area contributed by atoms with E-state index < -0.39 is 0 Å². The van der Waals surface area contributed by atoms with Crippen molar-refractivity contribution in [2.75, 3.05) is 0 Å². The Morgan fingerprint density at radius 3 is 2.80 bits per heavy atom. The predicted molar refractivity (Wildman–Crippen MR) is 56.2 cm³/mol. The highest BCUT2D eigenvalue weighted by molar-refractivity contribution is 4.88. The Morgan fingerprint density at radius 2 is 2.20 bits per heavy atom.